The molecule has 2 bridgehead atoms. The van der Waals surface area contributed by atoms with Gasteiger partial charge < -0.3 is 16.4 Å². The standard InChI is InChI=1S/C10H17N3O/c11-7-4-9(7)13-10(14)6-3-5-1-2-8(6)12-5/h5-9,12H,1-4,11H2,(H,13,14). The van der Waals surface area contributed by atoms with Crippen LogP contribution in [0.25, 0.3) is 0 Å². The predicted molar refractivity (Wildman–Crippen MR) is 52.6 cm³/mol. The Balaban J connectivity index is 1.58. The third kappa shape index (κ3) is 1.33. The van der Waals surface area contributed by atoms with Gasteiger partial charge in [-0.2, -0.15) is 0 Å². The molecular weight excluding hydrogens is 178 g/mol. The van der Waals surface area contributed by atoms with Gasteiger partial charge in [-0.05, 0) is 25.7 Å². The average Bonchev–Trinajstić information content (AvgIpc) is 2.67. The molecule has 3 aliphatic rings. The Bertz CT molecular complexity index is 268. The molecule has 4 N–H and O–H groups in total. The Morgan fingerprint density at radius 3 is 2.64 bits per heavy atom. The van der Waals surface area contributed by atoms with Gasteiger partial charge in [-0.15, -0.1) is 0 Å². The third-order valence-electron chi connectivity index (χ3n) is 3.80. The fourth-order valence-corrected chi connectivity index (χ4v) is 2.78. The van der Waals surface area contributed by atoms with E-state index in [2.05, 4.69) is 10.6 Å². The van der Waals surface area contributed by atoms with E-state index in [4.69, 9.17) is 5.73 Å². The van der Waals surface area contributed by atoms with E-state index in [0.29, 0.717) is 12.1 Å². The zero-order chi connectivity index (χ0) is 9.71. The van der Waals surface area contributed by atoms with E-state index in [1.807, 2.05) is 0 Å². The summed E-state index contributed by atoms with van der Waals surface area (Å²) < 4.78 is 0. The maximum atomic E-state index is 11.8. The highest BCUT2D eigenvalue weighted by molar-refractivity contribution is 5.80. The van der Waals surface area contributed by atoms with Crippen LogP contribution in [0.2, 0.25) is 0 Å². The van der Waals surface area contributed by atoms with Gasteiger partial charge >= 0.3 is 0 Å². The molecule has 0 radical (unpaired) electrons. The molecule has 1 saturated carbocycles. The lowest BCUT2D eigenvalue weighted by atomic mass is 9.88. The molecule has 0 aromatic heterocycles. The summed E-state index contributed by atoms with van der Waals surface area (Å²) in [4.78, 5) is 11.8. The van der Waals surface area contributed by atoms with Crippen LogP contribution in [0.3, 0.4) is 0 Å². The van der Waals surface area contributed by atoms with Crippen molar-refractivity contribution in [1.29, 1.82) is 0 Å². The lowest BCUT2D eigenvalue weighted by Crippen LogP contribution is -2.40. The van der Waals surface area contributed by atoms with Crippen LogP contribution < -0.4 is 16.4 Å². The number of rotatable bonds is 2. The molecule has 3 rings (SSSR count). The van der Waals surface area contributed by atoms with Gasteiger partial charge in [0.05, 0.1) is 5.92 Å². The van der Waals surface area contributed by atoms with Crippen LogP contribution in [0.15, 0.2) is 0 Å². The lowest BCUT2D eigenvalue weighted by Gasteiger charge is -2.19. The van der Waals surface area contributed by atoms with Crippen LogP contribution in [-0.2, 0) is 4.79 Å². The molecule has 2 heterocycles. The Hall–Kier alpha value is -0.610. The van der Waals surface area contributed by atoms with E-state index in [1.165, 1.54) is 12.8 Å². The largest absolute Gasteiger partial charge is 0.351 e. The molecule has 14 heavy (non-hydrogen) atoms. The van der Waals surface area contributed by atoms with Crippen LogP contribution in [0.4, 0.5) is 0 Å². The van der Waals surface area contributed by atoms with Crippen molar-refractivity contribution < 1.29 is 4.79 Å². The van der Waals surface area contributed by atoms with Crippen molar-refractivity contribution in [2.45, 2.75) is 49.9 Å². The summed E-state index contributed by atoms with van der Waals surface area (Å²) in [6.07, 6.45) is 4.40. The highest BCUT2D eigenvalue weighted by Crippen LogP contribution is 2.33. The van der Waals surface area contributed by atoms with Gasteiger partial charge in [0.15, 0.2) is 0 Å². The summed E-state index contributed by atoms with van der Waals surface area (Å²) in [5.41, 5.74) is 5.66. The number of hydrogen-bond donors (Lipinski definition) is 3. The van der Waals surface area contributed by atoms with Crippen molar-refractivity contribution >= 4 is 5.91 Å². The van der Waals surface area contributed by atoms with Gasteiger partial charge in [0.1, 0.15) is 0 Å². The van der Waals surface area contributed by atoms with Gasteiger partial charge in [0.2, 0.25) is 5.91 Å². The van der Waals surface area contributed by atoms with E-state index < -0.39 is 0 Å². The van der Waals surface area contributed by atoms with Crippen molar-refractivity contribution in [3.8, 4) is 0 Å². The monoisotopic (exact) mass is 195 g/mol. The number of fused-ring (bicyclic) bond motifs is 2. The normalized spacial score (nSPS) is 49.4. The number of nitrogens with one attached hydrogen (secondary N) is 2. The van der Waals surface area contributed by atoms with E-state index in [1.54, 1.807) is 0 Å². The number of amides is 1. The Kier molecular flexibility index (Phi) is 1.82. The molecule has 0 aromatic rings. The van der Waals surface area contributed by atoms with Gasteiger partial charge in [-0.3, -0.25) is 4.79 Å². The van der Waals surface area contributed by atoms with E-state index >= 15 is 0 Å². The minimum atomic E-state index is 0.210. The van der Waals surface area contributed by atoms with Gasteiger partial charge in [0, 0.05) is 24.2 Å². The van der Waals surface area contributed by atoms with Gasteiger partial charge in [-0.25, -0.2) is 0 Å². The first-order valence-corrected chi connectivity index (χ1v) is 5.56. The van der Waals surface area contributed by atoms with E-state index in [-0.39, 0.29) is 23.9 Å². The van der Waals surface area contributed by atoms with Gasteiger partial charge in [0.25, 0.3) is 0 Å². The first kappa shape index (κ1) is 8.68. The van der Waals surface area contributed by atoms with Crippen molar-refractivity contribution in [3.63, 3.8) is 0 Å². The molecule has 0 aromatic carbocycles. The fourth-order valence-electron chi connectivity index (χ4n) is 2.78. The number of carbonyl (C=O) groups excluding carboxylic acids is 1. The average molecular weight is 195 g/mol. The number of carbonyl (C=O) groups is 1. The molecule has 1 aliphatic carbocycles. The summed E-state index contributed by atoms with van der Waals surface area (Å²) in [7, 11) is 0. The topological polar surface area (TPSA) is 67.1 Å². The highest BCUT2D eigenvalue weighted by atomic mass is 16.2. The highest BCUT2D eigenvalue weighted by Gasteiger charge is 2.44. The van der Waals surface area contributed by atoms with Crippen molar-refractivity contribution in [1.82, 2.24) is 10.6 Å². The second kappa shape index (κ2) is 2.94. The summed E-state index contributed by atoms with van der Waals surface area (Å²) >= 11 is 0. The first-order valence-electron chi connectivity index (χ1n) is 5.56. The number of hydrogen-bond acceptors (Lipinski definition) is 3. The van der Waals surface area contributed by atoms with Crippen LogP contribution >= 0.6 is 0 Å². The number of nitrogens with two attached hydrogens (primary N) is 1. The summed E-state index contributed by atoms with van der Waals surface area (Å²) in [5.74, 6) is 0.434. The van der Waals surface area contributed by atoms with E-state index in [0.717, 1.165) is 12.8 Å². The maximum Gasteiger partial charge on any atom is 0.225 e. The molecule has 4 nitrogen and oxygen atoms in total. The predicted octanol–water partition coefficient (Wildman–Crippen LogP) is -0.657. The summed E-state index contributed by atoms with van der Waals surface area (Å²) in [6, 6.07) is 1.52. The lowest BCUT2D eigenvalue weighted by molar-refractivity contribution is -0.125. The van der Waals surface area contributed by atoms with Crippen LogP contribution in [0.5, 0.6) is 0 Å². The molecule has 5 atom stereocenters. The Labute approximate surface area is 83.6 Å². The molecule has 5 unspecified atom stereocenters. The second-order valence-corrected chi connectivity index (χ2v) is 4.90. The minimum absolute atomic E-state index is 0.210. The molecular formula is C10H17N3O. The molecule has 3 fully saturated rings. The van der Waals surface area contributed by atoms with E-state index in [9.17, 15) is 4.79 Å². The van der Waals surface area contributed by atoms with Crippen molar-refractivity contribution in [2.75, 3.05) is 0 Å². The molecule has 2 saturated heterocycles. The summed E-state index contributed by atoms with van der Waals surface area (Å²) in [6.45, 7) is 0. The van der Waals surface area contributed by atoms with Crippen LogP contribution in [0.1, 0.15) is 25.7 Å². The maximum absolute atomic E-state index is 11.8. The third-order valence-corrected chi connectivity index (χ3v) is 3.80. The molecule has 1 amide bonds. The van der Waals surface area contributed by atoms with Crippen molar-refractivity contribution in [2.24, 2.45) is 11.7 Å². The van der Waals surface area contributed by atoms with Crippen LogP contribution in [0, 0.1) is 5.92 Å². The fraction of sp³-hybridized carbons (Fsp3) is 0.900. The smallest absolute Gasteiger partial charge is 0.225 e. The zero-order valence-electron chi connectivity index (χ0n) is 8.20. The first-order chi connectivity index (χ1) is 6.74. The Morgan fingerprint density at radius 1 is 1.36 bits per heavy atom. The van der Waals surface area contributed by atoms with Gasteiger partial charge in [-0.1, -0.05) is 0 Å². The Morgan fingerprint density at radius 2 is 2.14 bits per heavy atom. The quantitative estimate of drug-likeness (QED) is 0.548. The molecule has 2 aliphatic heterocycles. The SMILES string of the molecule is NC1CC1NC(=O)C1CC2CCC1N2. The zero-order valence-corrected chi connectivity index (χ0v) is 8.20. The van der Waals surface area contributed by atoms with Crippen LogP contribution in [-0.4, -0.2) is 30.1 Å². The summed E-state index contributed by atoms with van der Waals surface area (Å²) in [5, 5.41) is 6.50. The minimum Gasteiger partial charge on any atom is -0.351 e. The van der Waals surface area contributed by atoms with Crippen molar-refractivity contribution in [3.05, 3.63) is 0 Å². The second-order valence-electron chi connectivity index (χ2n) is 4.90. The molecule has 78 valence electrons. The molecule has 4 heteroatoms. The molecule has 0 spiro atoms.